The highest BCUT2D eigenvalue weighted by atomic mass is 32.1. The van der Waals surface area contributed by atoms with E-state index in [1.54, 1.807) is 5.38 Å². The lowest BCUT2D eigenvalue weighted by atomic mass is 10.2. The van der Waals surface area contributed by atoms with Gasteiger partial charge in [0, 0.05) is 11.9 Å². The lowest BCUT2D eigenvalue weighted by Crippen LogP contribution is -2.24. The third-order valence-electron chi connectivity index (χ3n) is 2.07. The van der Waals surface area contributed by atoms with Crippen LogP contribution in [0.3, 0.4) is 0 Å². The maximum Gasteiger partial charge on any atom is 0.270 e. The summed E-state index contributed by atoms with van der Waals surface area (Å²) in [5, 5.41) is 4.93. The Morgan fingerprint density at radius 3 is 2.93 bits per heavy atom. The molecule has 0 fully saturated rings. The third-order valence-corrected chi connectivity index (χ3v) is 2.74. The number of thiazole rings is 1. The molecule has 0 aromatic carbocycles. The molecule has 84 valence electrons. The van der Waals surface area contributed by atoms with Crippen molar-refractivity contribution in [2.24, 2.45) is 0 Å². The zero-order valence-corrected chi connectivity index (χ0v) is 9.77. The van der Waals surface area contributed by atoms with Crippen LogP contribution in [0.15, 0.2) is 5.38 Å². The summed E-state index contributed by atoms with van der Waals surface area (Å²) in [7, 11) is 0. The number of hydrogen-bond donors (Lipinski definition) is 2. The second kappa shape index (κ2) is 6.40. The summed E-state index contributed by atoms with van der Waals surface area (Å²) in [6.07, 6.45) is 4.62. The van der Waals surface area contributed by atoms with Crippen molar-refractivity contribution in [3.05, 3.63) is 11.1 Å². The van der Waals surface area contributed by atoms with Gasteiger partial charge in [-0.15, -0.1) is 11.3 Å². The summed E-state index contributed by atoms with van der Waals surface area (Å²) < 4.78 is 0. The van der Waals surface area contributed by atoms with E-state index in [4.69, 9.17) is 5.73 Å². The van der Waals surface area contributed by atoms with Gasteiger partial charge in [-0.2, -0.15) is 0 Å². The lowest BCUT2D eigenvalue weighted by Gasteiger charge is -2.02. The summed E-state index contributed by atoms with van der Waals surface area (Å²) in [5.74, 6) is -0.126. The molecule has 0 radical (unpaired) electrons. The standard InChI is InChI=1S/C10H17N3OS/c1-2-3-4-5-6-12-9(14)8-7-15-10(11)13-8/h7H,2-6H2,1H3,(H2,11,13)(H,12,14). The third kappa shape index (κ3) is 4.29. The van der Waals surface area contributed by atoms with E-state index in [9.17, 15) is 4.79 Å². The van der Waals surface area contributed by atoms with Gasteiger partial charge in [-0.3, -0.25) is 4.79 Å². The monoisotopic (exact) mass is 227 g/mol. The topological polar surface area (TPSA) is 68.0 Å². The highest BCUT2D eigenvalue weighted by Crippen LogP contribution is 2.10. The van der Waals surface area contributed by atoms with Crippen molar-refractivity contribution in [2.45, 2.75) is 32.6 Å². The van der Waals surface area contributed by atoms with Crippen molar-refractivity contribution in [1.82, 2.24) is 10.3 Å². The molecule has 1 rings (SSSR count). The van der Waals surface area contributed by atoms with Crippen LogP contribution in [0.1, 0.15) is 43.1 Å². The molecule has 0 spiro atoms. The fourth-order valence-electron chi connectivity index (χ4n) is 1.24. The van der Waals surface area contributed by atoms with Crippen LogP contribution in [0.5, 0.6) is 0 Å². The second-order valence-corrected chi connectivity index (χ2v) is 4.28. The molecule has 15 heavy (non-hydrogen) atoms. The van der Waals surface area contributed by atoms with Crippen LogP contribution < -0.4 is 11.1 Å². The van der Waals surface area contributed by atoms with Crippen molar-refractivity contribution in [3.63, 3.8) is 0 Å². The molecule has 5 heteroatoms. The van der Waals surface area contributed by atoms with Crippen LogP contribution in [0.2, 0.25) is 0 Å². The first-order valence-electron chi connectivity index (χ1n) is 5.23. The van der Waals surface area contributed by atoms with Crippen LogP contribution in [-0.2, 0) is 0 Å². The van der Waals surface area contributed by atoms with Crippen molar-refractivity contribution >= 4 is 22.4 Å². The molecule has 0 aliphatic rings. The second-order valence-electron chi connectivity index (χ2n) is 3.39. The van der Waals surface area contributed by atoms with E-state index in [1.807, 2.05) is 0 Å². The number of rotatable bonds is 6. The molecule has 1 heterocycles. The van der Waals surface area contributed by atoms with E-state index >= 15 is 0 Å². The minimum absolute atomic E-state index is 0.126. The van der Waals surface area contributed by atoms with Gasteiger partial charge < -0.3 is 11.1 Å². The van der Waals surface area contributed by atoms with Crippen molar-refractivity contribution in [3.8, 4) is 0 Å². The predicted molar refractivity (Wildman–Crippen MR) is 63.0 cm³/mol. The molecular formula is C10H17N3OS. The molecule has 1 aromatic rings. The van der Waals surface area contributed by atoms with E-state index in [-0.39, 0.29) is 5.91 Å². The maximum absolute atomic E-state index is 11.5. The quantitative estimate of drug-likeness (QED) is 0.731. The average molecular weight is 227 g/mol. The summed E-state index contributed by atoms with van der Waals surface area (Å²) in [4.78, 5) is 15.4. The number of nitrogens with two attached hydrogens (primary N) is 1. The van der Waals surface area contributed by atoms with Crippen LogP contribution in [0, 0.1) is 0 Å². The first-order chi connectivity index (χ1) is 7.24. The molecule has 0 saturated heterocycles. The molecular weight excluding hydrogens is 210 g/mol. The molecule has 4 nitrogen and oxygen atoms in total. The molecule has 0 aliphatic carbocycles. The van der Waals surface area contributed by atoms with Crippen LogP contribution >= 0.6 is 11.3 Å². The number of nitrogen functional groups attached to an aromatic ring is 1. The van der Waals surface area contributed by atoms with Gasteiger partial charge in [0.25, 0.3) is 5.91 Å². The Bertz CT molecular complexity index is 311. The lowest BCUT2D eigenvalue weighted by molar-refractivity contribution is 0.0949. The summed E-state index contributed by atoms with van der Waals surface area (Å²) >= 11 is 1.29. The molecule has 0 unspecified atom stereocenters. The van der Waals surface area contributed by atoms with Gasteiger partial charge in [-0.25, -0.2) is 4.98 Å². The Morgan fingerprint density at radius 1 is 1.53 bits per heavy atom. The molecule has 0 bridgehead atoms. The van der Waals surface area contributed by atoms with E-state index in [2.05, 4.69) is 17.2 Å². The Balaban J connectivity index is 2.19. The molecule has 0 saturated carbocycles. The van der Waals surface area contributed by atoms with Crippen molar-refractivity contribution in [1.29, 1.82) is 0 Å². The number of hydrogen-bond acceptors (Lipinski definition) is 4. The maximum atomic E-state index is 11.5. The summed E-state index contributed by atoms with van der Waals surface area (Å²) in [5.41, 5.74) is 5.86. The van der Waals surface area contributed by atoms with Crippen LogP contribution in [0.4, 0.5) is 5.13 Å². The fourth-order valence-corrected chi connectivity index (χ4v) is 1.78. The minimum atomic E-state index is -0.126. The summed E-state index contributed by atoms with van der Waals surface area (Å²) in [6.45, 7) is 2.88. The fraction of sp³-hybridized carbons (Fsp3) is 0.600. The molecule has 1 amide bonds. The van der Waals surface area contributed by atoms with Crippen LogP contribution in [0.25, 0.3) is 0 Å². The molecule has 0 atom stereocenters. The molecule has 1 aromatic heterocycles. The number of anilines is 1. The predicted octanol–water partition coefficient (Wildman–Crippen LogP) is 2.04. The minimum Gasteiger partial charge on any atom is -0.375 e. The highest BCUT2D eigenvalue weighted by molar-refractivity contribution is 7.13. The van der Waals surface area contributed by atoms with Crippen LogP contribution in [-0.4, -0.2) is 17.4 Å². The number of aromatic nitrogens is 1. The number of unbranched alkanes of at least 4 members (excludes halogenated alkanes) is 3. The SMILES string of the molecule is CCCCCCNC(=O)c1csc(N)n1. The Hall–Kier alpha value is -1.10. The average Bonchev–Trinajstić information content (AvgIpc) is 2.64. The first-order valence-corrected chi connectivity index (χ1v) is 6.11. The van der Waals surface area contributed by atoms with Crippen molar-refractivity contribution in [2.75, 3.05) is 12.3 Å². The van der Waals surface area contributed by atoms with Gasteiger partial charge in [0.05, 0.1) is 0 Å². The smallest absolute Gasteiger partial charge is 0.270 e. The number of amides is 1. The molecule has 3 N–H and O–H groups in total. The Morgan fingerprint density at radius 2 is 2.33 bits per heavy atom. The summed E-state index contributed by atoms with van der Waals surface area (Å²) in [6, 6.07) is 0. The van der Waals surface area contributed by atoms with Gasteiger partial charge >= 0.3 is 0 Å². The van der Waals surface area contributed by atoms with Gasteiger partial charge in [-0.05, 0) is 6.42 Å². The number of carbonyl (C=O) groups excluding carboxylic acids is 1. The van der Waals surface area contributed by atoms with E-state index in [1.165, 1.54) is 24.2 Å². The number of nitrogens with one attached hydrogen (secondary N) is 1. The highest BCUT2D eigenvalue weighted by Gasteiger charge is 2.07. The molecule has 0 aliphatic heterocycles. The van der Waals surface area contributed by atoms with Gasteiger partial charge in [0.2, 0.25) is 0 Å². The van der Waals surface area contributed by atoms with Crippen molar-refractivity contribution < 1.29 is 4.79 Å². The van der Waals surface area contributed by atoms with E-state index in [0.717, 1.165) is 19.4 Å². The normalized spacial score (nSPS) is 10.2. The number of carbonyl (C=O) groups is 1. The van der Waals surface area contributed by atoms with Gasteiger partial charge in [0.15, 0.2) is 5.13 Å². The van der Waals surface area contributed by atoms with E-state index < -0.39 is 0 Å². The van der Waals surface area contributed by atoms with Gasteiger partial charge in [0.1, 0.15) is 5.69 Å². The largest absolute Gasteiger partial charge is 0.375 e. The zero-order valence-electron chi connectivity index (χ0n) is 8.95. The Labute approximate surface area is 93.9 Å². The number of nitrogens with zero attached hydrogens (tertiary/aromatic N) is 1. The zero-order chi connectivity index (χ0) is 11.1. The van der Waals surface area contributed by atoms with E-state index in [0.29, 0.717) is 10.8 Å². The van der Waals surface area contributed by atoms with Gasteiger partial charge in [-0.1, -0.05) is 26.2 Å². The Kier molecular flexibility index (Phi) is 5.10. The first kappa shape index (κ1) is 12.0.